The van der Waals surface area contributed by atoms with Crippen molar-refractivity contribution >= 4 is 5.91 Å². The van der Waals surface area contributed by atoms with Crippen molar-refractivity contribution in [2.24, 2.45) is 28.9 Å². The summed E-state index contributed by atoms with van der Waals surface area (Å²) in [5, 5.41) is 11.5. The second kappa shape index (κ2) is 8.33. The maximum Gasteiger partial charge on any atom is 0.248 e. The van der Waals surface area contributed by atoms with Gasteiger partial charge in [0.05, 0.1) is 6.10 Å². The quantitative estimate of drug-likeness (QED) is 0.664. The van der Waals surface area contributed by atoms with Crippen LogP contribution >= 0.6 is 0 Å². The largest absolute Gasteiger partial charge is 0.392 e. The summed E-state index contributed by atoms with van der Waals surface area (Å²) >= 11 is 0. The molecule has 0 aromatic heterocycles. The molecule has 0 aliphatic heterocycles. The Bertz CT molecular complexity index is 1010. The molecule has 3 nitrogen and oxygen atoms in total. The lowest BCUT2D eigenvalue weighted by molar-refractivity contribution is -0.0325. The van der Waals surface area contributed by atoms with E-state index in [4.69, 9.17) is 5.73 Å². The molecule has 2 aromatic carbocycles. The number of nitrogens with two attached hydrogens (primary N) is 1. The monoisotopic (exact) mass is 431 g/mol. The highest BCUT2D eigenvalue weighted by Gasteiger charge is 2.57. The van der Waals surface area contributed by atoms with Crippen LogP contribution in [0.15, 0.2) is 42.5 Å². The van der Waals surface area contributed by atoms with Crippen LogP contribution in [-0.2, 0) is 19.3 Å². The molecule has 5 rings (SSSR count). The summed E-state index contributed by atoms with van der Waals surface area (Å²) in [6.45, 7) is 4.60. The fraction of sp³-hybridized carbons (Fsp3) is 0.552. The van der Waals surface area contributed by atoms with Crippen molar-refractivity contribution in [2.45, 2.75) is 77.2 Å². The Morgan fingerprint density at radius 1 is 1.16 bits per heavy atom. The third-order valence-corrected chi connectivity index (χ3v) is 9.16. The van der Waals surface area contributed by atoms with E-state index in [-0.39, 0.29) is 23.3 Å². The van der Waals surface area contributed by atoms with Crippen LogP contribution in [0, 0.1) is 23.2 Å². The van der Waals surface area contributed by atoms with Gasteiger partial charge < -0.3 is 10.8 Å². The highest BCUT2D eigenvalue weighted by molar-refractivity contribution is 5.92. The van der Waals surface area contributed by atoms with Gasteiger partial charge in [-0.3, -0.25) is 4.79 Å². The van der Waals surface area contributed by atoms with Crippen LogP contribution in [0.3, 0.4) is 0 Å². The molecule has 2 fully saturated rings. The number of amides is 1. The van der Waals surface area contributed by atoms with Gasteiger partial charge in [-0.05, 0) is 108 Å². The van der Waals surface area contributed by atoms with E-state index in [9.17, 15) is 9.90 Å². The number of carbonyl (C=O) groups is 1. The summed E-state index contributed by atoms with van der Waals surface area (Å²) in [7, 11) is 0. The van der Waals surface area contributed by atoms with Crippen LogP contribution in [0.2, 0.25) is 0 Å². The van der Waals surface area contributed by atoms with E-state index in [1.165, 1.54) is 37.7 Å². The number of carbonyl (C=O) groups excluding carboxylic acids is 1. The third-order valence-electron chi connectivity index (χ3n) is 9.16. The summed E-state index contributed by atoms with van der Waals surface area (Å²) in [4.78, 5) is 11.6. The Morgan fingerprint density at radius 2 is 2.00 bits per heavy atom. The van der Waals surface area contributed by atoms with Gasteiger partial charge in [0.25, 0.3) is 0 Å². The molecule has 1 amide bonds. The van der Waals surface area contributed by atoms with E-state index in [0.717, 1.165) is 24.8 Å². The van der Waals surface area contributed by atoms with E-state index in [0.29, 0.717) is 23.3 Å². The zero-order valence-corrected chi connectivity index (χ0v) is 19.5. The van der Waals surface area contributed by atoms with Gasteiger partial charge >= 0.3 is 0 Å². The summed E-state index contributed by atoms with van der Waals surface area (Å²) in [5.74, 6) is 1.76. The second-order valence-corrected chi connectivity index (χ2v) is 11.0. The fourth-order valence-electron chi connectivity index (χ4n) is 7.58. The number of aliphatic hydroxyl groups is 1. The fourth-order valence-corrected chi connectivity index (χ4v) is 7.58. The molecule has 0 bridgehead atoms. The van der Waals surface area contributed by atoms with E-state index >= 15 is 0 Å². The standard InChI is InChI=1S/C29H37NO2/c1-3-5-18-8-10-23-20(14-18)9-11-25-24(23)12-13-29(2)26(25)17-22(27(29)31)16-19-6-4-7-21(15-19)28(30)32/h4,6-8,10,14-15,22,24-27,31H,3,5,9,11-13,16-17H2,1-2H3,(H2,30,32)/t22-,24+,25+,26-,27-,29-/m0/s1. The first-order valence-corrected chi connectivity index (χ1v) is 12.6. The van der Waals surface area contributed by atoms with Crippen LogP contribution in [0.1, 0.15) is 84.5 Å². The molecule has 170 valence electrons. The normalized spacial score (nSPS) is 33.3. The number of hydrogen-bond donors (Lipinski definition) is 2. The topological polar surface area (TPSA) is 63.3 Å². The van der Waals surface area contributed by atoms with Crippen LogP contribution in [0.5, 0.6) is 0 Å². The number of rotatable bonds is 5. The number of aryl methyl sites for hydroxylation is 2. The van der Waals surface area contributed by atoms with Gasteiger partial charge in [0.2, 0.25) is 5.91 Å². The predicted molar refractivity (Wildman–Crippen MR) is 129 cm³/mol. The van der Waals surface area contributed by atoms with Gasteiger partial charge in [-0.25, -0.2) is 0 Å². The first kappa shape index (κ1) is 21.7. The zero-order valence-electron chi connectivity index (χ0n) is 19.5. The first-order valence-electron chi connectivity index (χ1n) is 12.6. The first-order chi connectivity index (χ1) is 15.4. The van der Waals surface area contributed by atoms with Crippen LogP contribution in [0.25, 0.3) is 0 Å². The van der Waals surface area contributed by atoms with Crippen LogP contribution in [0.4, 0.5) is 0 Å². The minimum Gasteiger partial charge on any atom is -0.392 e. The van der Waals surface area contributed by atoms with E-state index < -0.39 is 0 Å². The van der Waals surface area contributed by atoms with Gasteiger partial charge in [0, 0.05) is 5.56 Å². The molecule has 0 radical (unpaired) electrons. The van der Waals surface area contributed by atoms with Gasteiger partial charge in [0.1, 0.15) is 0 Å². The average Bonchev–Trinajstić information content (AvgIpc) is 3.04. The number of primary amides is 1. The second-order valence-electron chi connectivity index (χ2n) is 11.0. The lowest BCUT2D eigenvalue weighted by atomic mass is 9.55. The molecular weight excluding hydrogens is 394 g/mol. The van der Waals surface area contributed by atoms with Crippen LogP contribution in [-0.4, -0.2) is 17.1 Å². The molecule has 3 heteroatoms. The Balaban J connectivity index is 1.38. The summed E-state index contributed by atoms with van der Waals surface area (Å²) < 4.78 is 0. The SMILES string of the molecule is CCCc1ccc2c(c1)CC[C@@H]1[C@@H]2CC[C@]2(C)[C@@H](O)[C@@H](Cc3cccc(C(N)=O)c3)C[C@@H]12. The summed E-state index contributed by atoms with van der Waals surface area (Å²) in [5.41, 5.74) is 11.8. The summed E-state index contributed by atoms with van der Waals surface area (Å²) in [6, 6.07) is 14.9. The highest BCUT2D eigenvalue weighted by Crippen LogP contribution is 2.62. The number of hydrogen-bond acceptors (Lipinski definition) is 2. The Hall–Kier alpha value is -2.13. The third kappa shape index (κ3) is 3.59. The van der Waals surface area contributed by atoms with Crippen molar-refractivity contribution in [1.29, 1.82) is 0 Å². The van der Waals surface area contributed by atoms with Gasteiger partial charge in [-0.15, -0.1) is 0 Å². The van der Waals surface area contributed by atoms with Crippen LogP contribution < -0.4 is 5.73 Å². The van der Waals surface area contributed by atoms with Crippen molar-refractivity contribution in [3.63, 3.8) is 0 Å². The van der Waals surface area contributed by atoms with E-state index in [1.807, 2.05) is 12.1 Å². The van der Waals surface area contributed by atoms with Gasteiger partial charge in [0.15, 0.2) is 0 Å². The molecule has 2 aromatic rings. The molecular formula is C29H37NO2. The molecule has 3 aliphatic carbocycles. The molecule has 32 heavy (non-hydrogen) atoms. The van der Waals surface area contributed by atoms with Crippen molar-refractivity contribution in [3.8, 4) is 0 Å². The average molecular weight is 432 g/mol. The highest BCUT2D eigenvalue weighted by atomic mass is 16.3. The Kier molecular flexibility index (Phi) is 5.65. The van der Waals surface area contributed by atoms with Gasteiger partial charge in [-0.1, -0.05) is 50.6 Å². The minimum atomic E-state index is -0.384. The van der Waals surface area contributed by atoms with E-state index in [1.54, 1.807) is 17.2 Å². The lowest BCUT2D eigenvalue weighted by Gasteiger charge is -2.50. The van der Waals surface area contributed by atoms with Crippen molar-refractivity contribution in [3.05, 3.63) is 70.3 Å². The predicted octanol–water partition coefficient (Wildman–Crippen LogP) is 5.42. The molecule has 0 spiro atoms. The Labute approximate surface area is 192 Å². The molecule has 0 heterocycles. The molecule has 3 aliphatic rings. The van der Waals surface area contributed by atoms with Crippen molar-refractivity contribution in [1.82, 2.24) is 0 Å². The van der Waals surface area contributed by atoms with E-state index in [2.05, 4.69) is 38.1 Å². The number of benzene rings is 2. The zero-order chi connectivity index (χ0) is 22.5. The summed E-state index contributed by atoms with van der Waals surface area (Å²) in [6.07, 6.45) is 8.74. The number of fused-ring (bicyclic) bond motifs is 5. The number of aliphatic hydroxyl groups excluding tert-OH is 1. The van der Waals surface area contributed by atoms with Gasteiger partial charge in [-0.2, -0.15) is 0 Å². The molecule has 6 atom stereocenters. The maximum absolute atomic E-state index is 11.6. The maximum atomic E-state index is 11.6. The molecule has 0 saturated heterocycles. The minimum absolute atomic E-state index is 0.00673. The molecule has 2 saturated carbocycles. The molecule has 0 unspecified atom stereocenters. The van der Waals surface area contributed by atoms with Crippen molar-refractivity contribution < 1.29 is 9.90 Å². The van der Waals surface area contributed by atoms with Crippen molar-refractivity contribution in [2.75, 3.05) is 0 Å². The smallest absolute Gasteiger partial charge is 0.248 e. The lowest BCUT2D eigenvalue weighted by Crippen LogP contribution is -2.44. The Morgan fingerprint density at radius 3 is 2.78 bits per heavy atom. The molecule has 3 N–H and O–H groups in total.